The van der Waals surface area contributed by atoms with Gasteiger partial charge >= 0.3 is 5.97 Å². The first kappa shape index (κ1) is 21.0. The molecule has 0 unspecified atom stereocenters. The third-order valence-corrected chi connectivity index (χ3v) is 4.69. The van der Waals surface area contributed by atoms with Crippen LogP contribution >= 0.6 is 0 Å². The molecule has 7 nitrogen and oxygen atoms in total. The Morgan fingerprint density at radius 3 is 2.53 bits per heavy atom. The Kier molecular flexibility index (Phi) is 6.46. The van der Waals surface area contributed by atoms with Crippen molar-refractivity contribution in [2.45, 2.75) is 19.8 Å². The molecule has 0 aliphatic carbocycles. The lowest BCUT2D eigenvalue weighted by Gasteiger charge is -2.08. The van der Waals surface area contributed by atoms with E-state index in [2.05, 4.69) is 20.4 Å². The first-order valence-electron chi connectivity index (χ1n) is 9.39. The number of amides is 2. The number of carbonyl (C=O) groups excluding carboxylic acids is 3. The van der Waals surface area contributed by atoms with Crippen molar-refractivity contribution in [2.75, 3.05) is 19.0 Å². The maximum absolute atomic E-state index is 13.6. The number of aromatic nitrogens is 1. The number of fused-ring (bicyclic) bond motifs is 1. The van der Waals surface area contributed by atoms with Gasteiger partial charge in [0.05, 0.1) is 20.0 Å². The molecule has 2 amide bonds. The van der Waals surface area contributed by atoms with Crippen LogP contribution in [0.5, 0.6) is 0 Å². The third-order valence-electron chi connectivity index (χ3n) is 4.69. The minimum absolute atomic E-state index is 0.0883. The summed E-state index contributed by atoms with van der Waals surface area (Å²) in [5, 5.41) is 6.08. The van der Waals surface area contributed by atoms with E-state index in [0.29, 0.717) is 16.6 Å². The van der Waals surface area contributed by atoms with Crippen LogP contribution < -0.4 is 10.6 Å². The molecule has 1 aromatic heterocycles. The van der Waals surface area contributed by atoms with Crippen LogP contribution in [0.4, 0.5) is 10.1 Å². The number of carbonyl (C=O) groups is 3. The molecule has 0 spiro atoms. The molecule has 8 heteroatoms. The molecule has 3 rings (SSSR count). The molecule has 0 aliphatic heterocycles. The van der Waals surface area contributed by atoms with E-state index in [4.69, 9.17) is 0 Å². The van der Waals surface area contributed by atoms with Crippen molar-refractivity contribution < 1.29 is 23.5 Å². The number of esters is 1. The Labute approximate surface area is 172 Å². The molecule has 3 aromatic rings. The maximum Gasteiger partial charge on any atom is 0.307 e. The summed E-state index contributed by atoms with van der Waals surface area (Å²) in [6.07, 6.45) is 0.179. The molecule has 1 heterocycles. The highest BCUT2D eigenvalue weighted by atomic mass is 19.1. The van der Waals surface area contributed by atoms with Crippen LogP contribution in [0, 0.1) is 12.7 Å². The van der Waals surface area contributed by atoms with Crippen LogP contribution in [-0.4, -0.2) is 36.4 Å². The molecule has 0 saturated heterocycles. The van der Waals surface area contributed by atoms with Crippen LogP contribution in [0.2, 0.25) is 0 Å². The number of aromatic amines is 1. The second kappa shape index (κ2) is 9.21. The second-order valence-corrected chi connectivity index (χ2v) is 6.80. The topological polar surface area (TPSA) is 100 Å². The van der Waals surface area contributed by atoms with Crippen molar-refractivity contribution in [2.24, 2.45) is 0 Å². The number of anilines is 1. The Morgan fingerprint density at radius 1 is 1.10 bits per heavy atom. The van der Waals surface area contributed by atoms with Gasteiger partial charge in [-0.1, -0.05) is 0 Å². The van der Waals surface area contributed by atoms with E-state index in [0.717, 1.165) is 16.8 Å². The summed E-state index contributed by atoms with van der Waals surface area (Å²) in [6, 6.07) is 10.8. The van der Waals surface area contributed by atoms with Crippen molar-refractivity contribution >= 4 is 34.4 Å². The van der Waals surface area contributed by atoms with Gasteiger partial charge in [-0.3, -0.25) is 14.4 Å². The molecule has 3 N–H and O–H groups in total. The number of rotatable bonds is 7. The van der Waals surface area contributed by atoms with Crippen molar-refractivity contribution in [1.29, 1.82) is 0 Å². The largest absolute Gasteiger partial charge is 0.469 e. The maximum atomic E-state index is 13.6. The second-order valence-electron chi connectivity index (χ2n) is 6.80. The van der Waals surface area contributed by atoms with E-state index >= 15 is 0 Å². The van der Waals surface area contributed by atoms with Crippen molar-refractivity contribution in [1.82, 2.24) is 10.3 Å². The van der Waals surface area contributed by atoms with Gasteiger partial charge in [0, 0.05) is 34.4 Å². The summed E-state index contributed by atoms with van der Waals surface area (Å²) in [7, 11) is 1.29. The number of hydrogen-bond acceptors (Lipinski definition) is 4. The Morgan fingerprint density at radius 2 is 1.83 bits per heavy atom. The molecule has 0 aliphatic rings. The summed E-state index contributed by atoms with van der Waals surface area (Å²) in [6.45, 7) is 2.02. The van der Waals surface area contributed by atoms with Crippen molar-refractivity contribution in [3.63, 3.8) is 0 Å². The lowest BCUT2D eigenvalue weighted by atomic mass is 10.1. The van der Waals surface area contributed by atoms with E-state index in [1.165, 1.54) is 19.2 Å². The average molecular weight is 411 g/mol. The zero-order valence-electron chi connectivity index (χ0n) is 16.7. The summed E-state index contributed by atoms with van der Waals surface area (Å²) >= 11 is 0. The molecular formula is C22H22FN3O4. The SMILES string of the molecule is COC(=O)CCNC(=O)c1ccc(NC(=O)Cc2c(C)[nH]c3ccc(F)cc23)cc1. The quantitative estimate of drug-likeness (QED) is 0.520. The zero-order chi connectivity index (χ0) is 21.7. The highest BCUT2D eigenvalue weighted by Gasteiger charge is 2.14. The molecule has 0 fully saturated rings. The summed E-state index contributed by atoms with van der Waals surface area (Å²) < 4.78 is 18.1. The Hall–Kier alpha value is -3.68. The van der Waals surface area contributed by atoms with Crippen LogP contribution in [0.25, 0.3) is 10.9 Å². The minimum atomic E-state index is -0.401. The Balaban J connectivity index is 1.60. The fraction of sp³-hybridized carbons (Fsp3) is 0.227. The van der Waals surface area contributed by atoms with Gasteiger partial charge in [0.15, 0.2) is 0 Å². The highest BCUT2D eigenvalue weighted by Crippen LogP contribution is 2.24. The van der Waals surface area contributed by atoms with Gasteiger partial charge in [-0.2, -0.15) is 0 Å². The van der Waals surface area contributed by atoms with Crippen molar-refractivity contribution in [3.05, 3.63) is 65.1 Å². The van der Waals surface area contributed by atoms with Crippen molar-refractivity contribution in [3.8, 4) is 0 Å². The first-order valence-corrected chi connectivity index (χ1v) is 9.39. The summed E-state index contributed by atoms with van der Waals surface area (Å²) in [5.74, 6) is -1.34. The number of ether oxygens (including phenoxy) is 1. The van der Waals surface area contributed by atoms with E-state index < -0.39 is 5.97 Å². The Bertz CT molecular complexity index is 1090. The first-order chi connectivity index (χ1) is 14.4. The monoisotopic (exact) mass is 411 g/mol. The number of hydrogen-bond donors (Lipinski definition) is 3. The molecule has 0 radical (unpaired) electrons. The number of halogens is 1. The van der Waals surface area contributed by atoms with E-state index in [-0.39, 0.29) is 37.0 Å². The fourth-order valence-electron chi connectivity index (χ4n) is 3.14. The van der Waals surface area contributed by atoms with Gasteiger partial charge in [0.1, 0.15) is 5.82 Å². The number of H-pyrrole nitrogens is 1. The number of aryl methyl sites for hydroxylation is 1. The number of nitrogens with one attached hydrogen (secondary N) is 3. The third kappa shape index (κ3) is 5.02. The van der Waals surface area contributed by atoms with Crippen LogP contribution in [0.3, 0.4) is 0 Å². The van der Waals surface area contributed by atoms with Gasteiger partial charge in [0.2, 0.25) is 5.91 Å². The van der Waals surface area contributed by atoms with Gasteiger partial charge in [-0.15, -0.1) is 0 Å². The van der Waals surface area contributed by atoms with Gasteiger partial charge in [-0.25, -0.2) is 4.39 Å². The number of methoxy groups -OCH3 is 1. The summed E-state index contributed by atoms with van der Waals surface area (Å²) in [5.41, 5.74) is 3.27. The lowest BCUT2D eigenvalue weighted by molar-refractivity contribution is -0.140. The highest BCUT2D eigenvalue weighted by molar-refractivity contribution is 5.98. The molecule has 30 heavy (non-hydrogen) atoms. The van der Waals surface area contributed by atoms with Gasteiger partial charge in [0.25, 0.3) is 5.91 Å². The minimum Gasteiger partial charge on any atom is -0.469 e. The molecule has 2 aromatic carbocycles. The van der Waals surface area contributed by atoms with E-state index in [1.807, 2.05) is 6.92 Å². The standard InChI is InChI=1S/C22H22FN3O4/c1-13-17(18-11-15(23)5-8-19(18)25-13)12-20(27)26-16-6-3-14(4-7-16)22(29)24-10-9-21(28)30-2/h3-8,11,25H,9-10,12H2,1-2H3,(H,24,29)(H,26,27). The molecule has 0 bridgehead atoms. The molecule has 156 valence electrons. The lowest BCUT2D eigenvalue weighted by Crippen LogP contribution is -2.26. The average Bonchev–Trinajstić information content (AvgIpc) is 3.02. The van der Waals surface area contributed by atoms with E-state index in [9.17, 15) is 18.8 Å². The predicted molar refractivity (Wildman–Crippen MR) is 111 cm³/mol. The zero-order valence-corrected chi connectivity index (χ0v) is 16.7. The van der Waals surface area contributed by atoms with Crippen LogP contribution in [0.15, 0.2) is 42.5 Å². The number of benzene rings is 2. The summed E-state index contributed by atoms with van der Waals surface area (Å²) in [4.78, 5) is 38.8. The fourth-order valence-corrected chi connectivity index (χ4v) is 3.14. The van der Waals surface area contributed by atoms with E-state index in [1.54, 1.807) is 30.3 Å². The van der Waals surface area contributed by atoms with Gasteiger partial charge < -0.3 is 20.4 Å². The molecular weight excluding hydrogens is 389 g/mol. The molecule has 0 atom stereocenters. The van der Waals surface area contributed by atoms with Crippen LogP contribution in [-0.2, 0) is 20.7 Å². The normalized spacial score (nSPS) is 10.6. The van der Waals surface area contributed by atoms with Gasteiger partial charge in [-0.05, 0) is 55.0 Å². The predicted octanol–water partition coefficient (Wildman–Crippen LogP) is 3.09. The molecule has 0 saturated carbocycles. The van der Waals surface area contributed by atoms with Crippen LogP contribution in [0.1, 0.15) is 28.0 Å². The smallest absolute Gasteiger partial charge is 0.307 e.